The average Bonchev–Trinajstić information content (AvgIpc) is 3.57. The zero-order chi connectivity index (χ0) is 25.0. The monoisotopic (exact) mass is 481 g/mol. The van der Waals surface area contributed by atoms with Crippen molar-refractivity contribution in [2.45, 2.75) is 46.3 Å². The minimum atomic E-state index is 0.0519. The highest BCUT2D eigenvalue weighted by molar-refractivity contribution is 5.58. The number of ether oxygens (including phenoxy) is 1. The van der Waals surface area contributed by atoms with Crippen molar-refractivity contribution < 1.29 is 4.74 Å². The van der Waals surface area contributed by atoms with E-state index in [0.29, 0.717) is 12.5 Å². The largest absolute Gasteiger partial charge is 0.487 e. The Labute approximate surface area is 213 Å². The first-order valence-electron chi connectivity index (χ1n) is 12.8. The molecule has 0 aliphatic carbocycles. The number of pyridine rings is 1. The molecule has 2 aromatic heterocycles. The minimum absolute atomic E-state index is 0.0519. The van der Waals surface area contributed by atoms with Crippen molar-refractivity contribution in [3.8, 4) is 17.0 Å². The van der Waals surface area contributed by atoms with Crippen LogP contribution in [0.15, 0.2) is 79.1 Å². The van der Waals surface area contributed by atoms with Gasteiger partial charge in [0, 0.05) is 17.7 Å². The van der Waals surface area contributed by atoms with Gasteiger partial charge in [-0.1, -0.05) is 63.2 Å². The maximum Gasteiger partial charge on any atom is 0.130 e. The molecule has 0 bridgehead atoms. The number of rotatable bonds is 8. The Kier molecular flexibility index (Phi) is 7.14. The van der Waals surface area contributed by atoms with E-state index in [2.05, 4.69) is 84.7 Å². The summed E-state index contributed by atoms with van der Waals surface area (Å²) >= 11 is 0. The third kappa shape index (κ3) is 5.82. The van der Waals surface area contributed by atoms with Crippen LogP contribution in [0.4, 0.5) is 0 Å². The lowest BCUT2D eigenvalue weighted by atomic mass is 9.72. The van der Waals surface area contributed by atoms with Crippen LogP contribution in [0.3, 0.4) is 0 Å². The van der Waals surface area contributed by atoms with Crippen LogP contribution in [0.1, 0.15) is 49.9 Å². The summed E-state index contributed by atoms with van der Waals surface area (Å²) in [6.45, 7) is 10.4. The SMILES string of the molecule is CC(C)(C)C(c1ccc(OCc2ccccn2)cc1)c1ccc(-c2cnn(C[C@H]3CCNC3)n2)cc1. The summed E-state index contributed by atoms with van der Waals surface area (Å²) in [5.41, 5.74) is 5.56. The molecule has 1 aliphatic heterocycles. The maximum absolute atomic E-state index is 5.95. The van der Waals surface area contributed by atoms with Gasteiger partial charge < -0.3 is 10.1 Å². The van der Waals surface area contributed by atoms with Gasteiger partial charge in [0.15, 0.2) is 0 Å². The molecule has 6 nitrogen and oxygen atoms in total. The van der Waals surface area contributed by atoms with Crippen molar-refractivity contribution in [2.75, 3.05) is 13.1 Å². The van der Waals surface area contributed by atoms with Crippen LogP contribution in [0.25, 0.3) is 11.3 Å². The molecule has 0 radical (unpaired) electrons. The van der Waals surface area contributed by atoms with E-state index in [-0.39, 0.29) is 11.3 Å². The normalized spacial score (nSPS) is 16.7. The van der Waals surface area contributed by atoms with Gasteiger partial charge in [-0.25, -0.2) is 0 Å². The molecule has 2 atom stereocenters. The van der Waals surface area contributed by atoms with Crippen molar-refractivity contribution in [3.63, 3.8) is 0 Å². The molecule has 1 fully saturated rings. The first kappa shape index (κ1) is 24.2. The highest BCUT2D eigenvalue weighted by Gasteiger charge is 2.28. The Morgan fingerprint density at radius 1 is 1.00 bits per heavy atom. The summed E-state index contributed by atoms with van der Waals surface area (Å²) in [6, 6.07) is 23.2. The molecule has 4 aromatic rings. The van der Waals surface area contributed by atoms with Crippen LogP contribution in [-0.4, -0.2) is 33.1 Å². The topological polar surface area (TPSA) is 64.9 Å². The number of hydrogen-bond acceptors (Lipinski definition) is 5. The first-order chi connectivity index (χ1) is 17.5. The Bertz CT molecular complexity index is 1240. The standard InChI is InChI=1S/C30H35N5O/c1-30(2,3)29(25-11-13-27(14-12-25)36-21-26-6-4-5-16-32-26)24-9-7-23(8-10-24)28-19-33-35(34-28)20-22-15-17-31-18-22/h4-14,16,19,22,29,31H,15,17-18,20-21H2,1-3H3/t22-,29?/m0/s1. The Morgan fingerprint density at radius 3 is 2.39 bits per heavy atom. The fourth-order valence-corrected chi connectivity index (χ4v) is 5.05. The summed E-state index contributed by atoms with van der Waals surface area (Å²) in [7, 11) is 0. The van der Waals surface area contributed by atoms with Crippen molar-refractivity contribution in [2.24, 2.45) is 11.3 Å². The van der Waals surface area contributed by atoms with E-state index in [1.54, 1.807) is 6.20 Å². The van der Waals surface area contributed by atoms with Gasteiger partial charge in [0.1, 0.15) is 18.1 Å². The highest BCUT2D eigenvalue weighted by atomic mass is 16.5. The predicted octanol–water partition coefficient (Wildman–Crippen LogP) is 5.71. The van der Waals surface area contributed by atoms with Gasteiger partial charge in [0.05, 0.1) is 18.4 Å². The molecule has 1 aliphatic rings. The Balaban J connectivity index is 1.29. The third-order valence-corrected chi connectivity index (χ3v) is 6.85. The Hall–Kier alpha value is -3.51. The molecule has 36 heavy (non-hydrogen) atoms. The van der Waals surface area contributed by atoms with Crippen LogP contribution in [0.5, 0.6) is 5.75 Å². The molecule has 0 spiro atoms. The lowest BCUT2D eigenvalue weighted by Gasteiger charge is -2.32. The van der Waals surface area contributed by atoms with E-state index < -0.39 is 0 Å². The van der Waals surface area contributed by atoms with Crippen molar-refractivity contribution in [1.82, 2.24) is 25.3 Å². The molecule has 2 aromatic carbocycles. The van der Waals surface area contributed by atoms with Crippen molar-refractivity contribution in [3.05, 3.63) is 95.9 Å². The molecule has 186 valence electrons. The number of benzene rings is 2. The van der Waals surface area contributed by atoms with Gasteiger partial charge in [-0.2, -0.15) is 15.0 Å². The minimum Gasteiger partial charge on any atom is -0.487 e. The summed E-state index contributed by atoms with van der Waals surface area (Å²) in [4.78, 5) is 6.17. The molecule has 1 saturated heterocycles. The number of hydrogen-bond donors (Lipinski definition) is 1. The molecular formula is C30H35N5O. The van der Waals surface area contributed by atoms with E-state index in [0.717, 1.165) is 42.3 Å². The highest BCUT2D eigenvalue weighted by Crippen LogP contribution is 2.41. The fourth-order valence-electron chi connectivity index (χ4n) is 5.05. The van der Waals surface area contributed by atoms with E-state index >= 15 is 0 Å². The zero-order valence-electron chi connectivity index (χ0n) is 21.4. The first-order valence-corrected chi connectivity index (χ1v) is 12.8. The molecular weight excluding hydrogens is 446 g/mol. The van der Waals surface area contributed by atoms with Crippen molar-refractivity contribution in [1.29, 1.82) is 0 Å². The quantitative estimate of drug-likeness (QED) is 0.349. The van der Waals surface area contributed by atoms with Crippen LogP contribution < -0.4 is 10.1 Å². The summed E-state index contributed by atoms with van der Waals surface area (Å²) in [6.07, 6.45) is 4.86. The summed E-state index contributed by atoms with van der Waals surface area (Å²) in [5, 5.41) is 12.6. The number of nitrogens with one attached hydrogen (secondary N) is 1. The number of aromatic nitrogens is 4. The zero-order valence-corrected chi connectivity index (χ0v) is 21.4. The van der Waals surface area contributed by atoms with Gasteiger partial charge in [-0.3, -0.25) is 4.98 Å². The Morgan fingerprint density at radius 2 is 1.75 bits per heavy atom. The molecule has 1 unspecified atom stereocenters. The van der Waals surface area contributed by atoms with E-state index in [9.17, 15) is 0 Å². The van der Waals surface area contributed by atoms with Crippen LogP contribution in [-0.2, 0) is 13.2 Å². The molecule has 0 amide bonds. The molecule has 3 heterocycles. The van der Waals surface area contributed by atoms with E-state index in [4.69, 9.17) is 9.84 Å². The second kappa shape index (κ2) is 10.6. The van der Waals surface area contributed by atoms with Gasteiger partial charge in [0.25, 0.3) is 0 Å². The second-order valence-corrected chi connectivity index (χ2v) is 10.7. The average molecular weight is 482 g/mol. The van der Waals surface area contributed by atoms with Gasteiger partial charge in [-0.05, 0) is 66.2 Å². The fraction of sp³-hybridized carbons (Fsp3) is 0.367. The smallest absolute Gasteiger partial charge is 0.130 e. The van der Waals surface area contributed by atoms with Crippen LogP contribution >= 0.6 is 0 Å². The van der Waals surface area contributed by atoms with Crippen molar-refractivity contribution >= 4 is 0 Å². The molecule has 1 N–H and O–H groups in total. The number of nitrogens with zero attached hydrogens (tertiary/aromatic N) is 4. The van der Waals surface area contributed by atoms with Crippen LogP contribution in [0.2, 0.25) is 0 Å². The molecule has 5 rings (SSSR count). The molecule has 6 heteroatoms. The van der Waals surface area contributed by atoms with E-state index in [1.807, 2.05) is 29.2 Å². The lowest BCUT2D eigenvalue weighted by Crippen LogP contribution is -2.19. The van der Waals surface area contributed by atoms with Crippen LogP contribution in [0, 0.1) is 11.3 Å². The molecule has 0 saturated carbocycles. The second-order valence-electron chi connectivity index (χ2n) is 10.7. The third-order valence-electron chi connectivity index (χ3n) is 6.85. The van der Waals surface area contributed by atoms with Gasteiger partial charge in [-0.15, -0.1) is 0 Å². The summed E-state index contributed by atoms with van der Waals surface area (Å²) < 4.78 is 5.95. The van der Waals surface area contributed by atoms with Gasteiger partial charge >= 0.3 is 0 Å². The summed E-state index contributed by atoms with van der Waals surface area (Å²) in [5.74, 6) is 1.72. The lowest BCUT2D eigenvalue weighted by molar-refractivity contribution is 0.301. The van der Waals surface area contributed by atoms with Gasteiger partial charge in [0.2, 0.25) is 0 Å². The van der Waals surface area contributed by atoms with E-state index in [1.165, 1.54) is 17.5 Å². The maximum atomic E-state index is 5.95. The predicted molar refractivity (Wildman–Crippen MR) is 143 cm³/mol.